The van der Waals surface area contributed by atoms with Crippen LogP contribution in [0, 0.1) is 27.7 Å². The van der Waals surface area contributed by atoms with Crippen LogP contribution in [-0.2, 0) is 12.8 Å². The maximum Gasteiger partial charge on any atom is 0.126 e. The highest BCUT2D eigenvalue weighted by molar-refractivity contribution is 5.36. The van der Waals surface area contributed by atoms with Gasteiger partial charge in [0.1, 0.15) is 23.9 Å². The van der Waals surface area contributed by atoms with Crippen LogP contribution in [0.2, 0.25) is 0 Å². The van der Waals surface area contributed by atoms with E-state index >= 15 is 0 Å². The Balaban J connectivity index is 2.58. The summed E-state index contributed by atoms with van der Waals surface area (Å²) in [5, 5.41) is 65.6. The average molecular weight is 461 g/mol. The van der Waals surface area contributed by atoms with E-state index in [1.807, 2.05) is 65.0 Å². The predicted octanol–water partition coefficient (Wildman–Crippen LogP) is 2.04. The fraction of sp³-hybridized carbons (Fsp3) is 0.556. The van der Waals surface area contributed by atoms with E-state index in [0.29, 0.717) is 12.0 Å². The Bertz CT molecular complexity index is 929. The molecule has 0 aliphatic rings. The fourth-order valence-electron chi connectivity index (χ4n) is 4.66. The molecule has 2 aromatic rings. The smallest absolute Gasteiger partial charge is 0.126 e. The molecular formula is C27H40O6. The number of benzene rings is 2. The van der Waals surface area contributed by atoms with Crippen LogP contribution in [0.15, 0.2) is 36.4 Å². The van der Waals surface area contributed by atoms with Crippen molar-refractivity contribution in [1.29, 1.82) is 0 Å². The molecule has 2 aromatic carbocycles. The summed E-state index contributed by atoms with van der Waals surface area (Å²) in [4.78, 5) is 0. The van der Waals surface area contributed by atoms with E-state index in [2.05, 4.69) is 0 Å². The molecule has 0 spiro atoms. The van der Waals surface area contributed by atoms with E-state index in [9.17, 15) is 30.6 Å². The minimum Gasteiger partial charge on any atom is -0.394 e. The summed E-state index contributed by atoms with van der Waals surface area (Å²) in [7, 11) is 0. The molecule has 0 aromatic heterocycles. The molecule has 0 aliphatic carbocycles. The normalized spacial score (nSPS) is 18.3. The molecular weight excluding hydrogens is 420 g/mol. The SMILES string of the molecule is CCCC(O)(Cc1cccc(C)c1C)[C@@H](O)[C@@](O)(Cc1cccc(C)c1C)[C@H](O)[C@@H](O)CO. The number of aryl methyl sites for hydroxylation is 2. The molecule has 5 atom stereocenters. The van der Waals surface area contributed by atoms with Gasteiger partial charge in [0.05, 0.1) is 12.2 Å². The van der Waals surface area contributed by atoms with Crippen LogP contribution in [-0.4, -0.2) is 66.8 Å². The number of hydrogen-bond acceptors (Lipinski definition) is 6. The Morgan fingerprint density at radius 1 is 0.788 bits per heavy atom. The van der Waals surface area contributed by atoms with Crippen molar-refractivity contribution in [3.05, 3.63) is 69.8 Å². The molecule has 0 amide bonds. The van der Waals surface area contributed by atoms with Gasteiger partial charge in [0.15, 0.2) is 0 Å². The largest absolute Gasteiger partial charge is 0.394 e. The Morgan fingerprint density at radius 2 is 1.27 bits per heavy atom. The van der Waals surface area contributed by atoms with E-state index in [4.69, 9.17) is 0 Å². The predicted molar refractivity (Wildman–Crippen MR) is 129 cm³/mol. The van der Waals surface area contributed by atoms with Crippen LogP contribution in [0.3, 0.4) is 0 Å². The maximum atomic E-state index is 11.8. The number of hydrogen-bond donors (Lipinski definition) is 6. The first-order chi connectivity index (χ1) is 15.4. The second kappa shape index (κ2) is 11.1. The summed E-state index contributed by atoms with van der Waals surface area (Å²) < 4.78 is 0. The lowest BCUT2D eigenvalue weighted by Crippen LogP contribution is -2.66. The third-order valence-corrected chi connectivity index (χ3v) is 7.13. The first-order valence-electron chi connectivity index (χ1n) is 11.6. The van der Waals surface area contributed by atoms with Crippen LogP contribution < -0.4 is 0 Å². The maximum absolute atomic E-state index is 11.8. The highest BCUT2D eigenvalue weighted by atomic mass is 16.4. The van der Waals surface area contributed by atoms with Crippen LogP contribution in [0.4, 0.5) is 0 Å². The van der Waals surface area contributed by atoms with Crippen LogP contribution in [0.25, 0.3) is 0 Å². The second-order valence-electron chi connectivity index (χ2n) is 9.51. The summed E-state index contributed by atoms with van der Waals surface area (Å²) in [6.07, 6.45) is -4.85. The van der Waals surface area contributed by atoms with Crippen LogP contribution >= 0.6 is 0 Å². The van der Waals surface area contributed by atoms with Crippen LogP contribution in [0.1, 0.15) is 53.1 Å². The van der Waals surface area contributed by atoms with Gasteiger partial charge in [-0.2, -0.15) is 0 Å². The van der Waals surface area contributed by atoms with Crippen molar-refractivity contribution in [1.82, 2.24) is 0 Å². The molecule has 0 fully saturated rings. The molecule has 0 saturated carbocycles. The Labute approximate surface area is 197 Å². The van der Waals surface area contributed by atoms with Gasteiger partial charge in [-0.3, -0.25) is 0 Å². The summed E-state index contributed by atoms with van der Waals surface area (Å²) in [6, 6.07) is 11.2. The van der Waals surface area contributed by atoms with Crippen molar-refractivity contribution in [2.45, 2.75) is 89.8 Å². The molecule has 0 aliphatic heterocycles. The molecule has 2 rings (SSSR count). The minimum absolute atomic E-state index is 0.0621. The van der Waals surface area contributed by atoms with Gasteiger partial charge in [0.25, 0.3) is 0 Å². The van der Waals surface area contributed by atoms with Gasteiger partial charge in [-0.25, -0.2) is 0 Å². The van der Waals surface area contributed by atoms with Crippen LogP contribution in [0.5, 0.6) is 0 Å². The monoisotopic (exact) mass is 460 g/mol. The van der Waals surface area contributed by atoms with Crippen molar-refractivity contribution in [3.8, 4) is 0 Å². The van der Waals surface area contributed by atoms with Crippen molar-refractivity contribution >= 4 is 0 Å². The van der Waals surface area contributed by atoms with E-state index in [1.54, 1.807) is 6.07 Å². The van der Waals surface area contributed by atoms with Gasteiger partial charge < -0.3 is 30.6 Å². The third kappa shape index (κ3) is 5.83. The van der Waals surface area contributed by atoms with E-state index < -0.39 is 36.1 Å². The molecule has 0 saturated heterocycles. The first-order valence-corrected chi connectivity index (χ1v) is 11.6. The number of aliphatic hydroxyl groups excluding tert-OH is 4. The number of rotatable bonds is 11. The molecule has 6 nitrogen and oxygen atoms in total. The van der Waals surface area contributed by atoms with Crippen molar-refractivity contribution in [2.75, 3.05) is 6.61 Å². The quantitative estimate of drug-likeness (QED) is 0.305. The topological polar surface area (TPSA) is 121 Å². The van der Waals surface area contributed by atoms with Gasteiger partial charge in [-0.15, -0.1) is 0 Å². The van der Waals surface area contributed by atoms with Crippen molar-refractivity contribution in [3.63, 3.8) is 0 Å². The lowest BCUT2D eigenvalue weighted by atomic mass is 9.70. The molecule has 6 N–H and O–H groups in total. The summed E-state index contributed by atoms with van der Waals surface area (Å²) in [5.74, 6) is 0. The average Bonchev–Trinajstić information content (AvgIpc) is 2.78. The minimum atomic E-state index is -2.32. The zero-order chi connectivity index (χ0) is 25.0. The Kier molecular flexibility index (Phi) is 9.22. The third-order valence-electron chi connectivity index (χ3n) is 7.13. The van der Waals surface area contributed by atoms with E-state index in [0.717, 1.165) is 27.8 Å². The molecule has 184 valence electrons. The van der Waals surface area contributed by atoms with Crippen molar-refractivity contribution in [2.24, 2.45) is 0 Å². The van der Waals surface area contributed by atoms with E-state index in [-0.39, 0.29) is 19.3 Å². The molecule has 0 heterocycles. The molecule has 0 bridgehead atoms. The van der Waals surface area contributed by atoms with Gasteiger partial charge in [-0.05, 0) is 67.5 Å². The summed E-state index contributed by atoms with van der Waals surface area (Å²) >= 11 is 0. The second-order valence-corrected chi connectivity index (χ2v) is 9.51. The highest BCUT2D eigenvalue weighted by Crippen LogP contribution is 2.36. The molecule has 1 unspecified atom stereocenters. The summed E-state index contributed by atoms with van der Waals surface area (Å²) in [6.45, 7) is 8.76. The molecule has 0 radical (unpaired) electrons. The van der Waals surface area contributed by atoms with E-state index in [1.165, 1.54) is 0 Å². The fourth-order valence-corrected chi connectivity index (χ4v) is 4.66. The first kappa shape index (κ1) is 27.4. The molecule has 33 heavy (non-hydrogen) atoms. The van der Waals surface area contributed by atoms with Crippen molar-refractivity contribution < 1.29 is 30.6 Å². The lowest BCUT2D eigenvalue weighted by Gasteiger charge is -2.46. The Morgan fingerprint density at radius 3 is 1.73 bits per heavy atom. The van der Waals surface area contributed by atoms with Gasteiger partial charge in [-0.1, -0.05) is 49.7 Å². The number of aliphatic hydroxyl groups is 6. The zero-order valence-corrected chi connectivity index (χ0v) is 20.4. The zero-order valence-electron chi connectivity index (χ0n) is 20.4. The Hall–Kier alpha value is -1.80. The van der Waals surface area contributed by atoms with Gasteiger partial charge >= 0.3 is 0 Å². The van der Waals surface area contributed by atoms with Gasteiger partial charge in [0.2, 0.25) is 0 Å². The van der Waals surface area contributed by atoms with Gasteiger partial charge in [0, 0.05) is 12.8 Å². The lowest BCUT2D eigenvalue weighted by molar-refractivity contribution is -0.230. The highest BCUT2D eigenvalue weighted by Gasteiger charge is 2.54. The summed E-state index contributed by atoms with van der Waals surface area (Å²) in [5.41, 5.74) is 1.28. The molecule has 6 heteroatoms. The standard InChI is InChI=1S/C27H40O6/c1-6-13-26(32,14-21-11-7-9-17(2)19(21)4)25(31)27(33,24(30)23(29)16-28)15-22-12-8-10-18(3)20(22)5/h7-12,23-25,28-33H,6,13-16H2,1-5H3/t23-,24+,25+,26?,27+/m0/s1.